The molecule has 1 aliphatic carbocycles. The average Bonchev–Trinajstić information content (AvgIpc) is 3.29. The van der Waals surface area contributed by atoms with E-state index in [1.54, 1.807) is 17.0 Å². The maximum Gasteiger partial charge on any atom is 0.243 e. The van der Waals surface area contributed by atoms with E-state index < -0.39 is 6.04 Å². The molecule has 0 heterocycles. The lowest BCUT2D eigenvalue weighted by Gasteiger charge is -2.31. The van der Waals surface area contributed by atoms with E-state index >= 15 is 0 Å². The van der Waals surface area contributed by atoms with E-state index in [4.69, 9.17) is 23.2 Å². The van der Waals surface area contributed by atoms with Gasteiger partial charge in [0.25, 0.3) is 0 Å². The monoisotopic (exact) mass is 506 g/mol. The number of hydrogen-bond donors (Lipinski definition) is 1. The van der Waals surface area contributed by atoms with Crippen LogP contribution in [0.2, 0.25) is 10.0 Å². The van der Waals surface area contributed by atoms with Gasteiger partial charge in [-0.15, -0.1) is 11.8 Å². The van der Waals surface area contributed by atoms with Gasteiger partial charge in [-0.1, -0.05) is 78.9 Å². The van der Waals surface area contributed by atoms with Gasteiger partial charge >= 0.3 is 0 Å². The number of carbonyl (C=O) groups excluding carboxylic acids is 2. The number of aryl methyl sites for hydroxylation is 1. The van der Waals surface area contributed by atoms with Crippen LogP contribution in [0.25, 0.3) is 0 Å². The van der Waals surface area contributed by atoms with Gasteiger partial charge in [-0.25, -0.2) is 0 Å². The fourth-order valence-corrected chi connectivity index (χ4v) is 5.62. The highest BCUT2D eigenvalue weighted by Gasteiger charge is 2.30. The maximum atomic E-state index is 13.4. The van der Waals surface area contributed by atoms with Crippen LogP contribution in [-0.2, 0) is 21.9 Å². The van der Waals surface area contributed by atoms with Gasteiger partial charge in [-0.2, -0.15) is 0 Å². The third-order valence-corrected chi connectivity index (χ3v) is 7.61. The topological polar surface area (TPSA) is 49.4 Å². The second kappa shape index (κ2) is 12.7. The molecule has 2 aromatic carbocycles. The van der Waals surface area contributed by atoms with E-state index in [0.29, 0.717) is 28.8 Å². The molecule has 1 unspecified atom stereocenters. The normalized spacial score (nSPS) is 14.8. The molecule has 1 fully saturated rings. The largest absolute Gasteiger partial charge is 0.352 e. The first kappa shape index (κ1) is 25.9. The second-order valence-electron chi connectivity index (χ2n) is 8.65. The van der Waals surface area contributed by atoms with Crippen molar-refractivity contribution in [1.29, 1.82) is 0 Å². The van der Waals surface area contributed by atoms with Gasteiger partial charge in [0.1, 0.15) is 6.04 Å². The fourth-order valence-electron chi connectivity index (χ4n) is 4.15. The summed E-state index contributed by atoms with van der Waals surface area (Å²) in [6.07, 6.45) is 4.91. The van der Waals surface area contributed by atoms with E-state index in [-0.39, 0.29) is 23.6 Å². The second-order valence-corrected chi connectivity index (χ2v) is 10.5. The maximum absolute atomic E-state index is 13.4. The van der Waals surface area contributed by atoms with Crippen LogP contribution in [0.4, 0.5) is 0 Å². The summed E-state index contributed by atoms with van der Waals surface area (Å²) in [6, 6.07) is 13.3. The van der Waals surface area contributed by atoms with E-state index in [9.17, 15) is 9.59 Å². The summed E-state index contributed by atoms with van der Waals surface area (Å²) in [7, 11) is 0. The van der Waals surface area contributed by atoms with Crippen LogP contribution in [-0.4, -0.2) is 34.6 Å². The minimum Gasteiger partial charge on any atom is -0.352 e. The Morgan fingerprint density at radius 2 is 1.82 bits per heavy atom. The van der Waals surface area contributed by atoms with E-state index in [2.05, 4.69) is 5.32 Å². The molecule has 0 saturated heterocycles. The first-order valence-electron chi connectivity index (χ1n) is 11.5. The Bertz CT molecular complexity index is 946. The summed E-state index contributed by atoms with van der Waals surface area (Å²) in [4.78, 5) is 28.2. The Labute approximate surface area is 211 Å². The van der Waals surface area contributed by atoms with Crippen molar-refractivity contribution >= 4 is 46.8 Å². The number of nitrogens with zero attached hydrogens (tertiary/aromatic N) is 1. The number of nitrogens with one attached hydrogen (secondary N) is 1. The zero-order valence-corrected chi connectivity index (χ0v) is 21.6. The minimum absolute atomic E-state index is 0.0425. The zero-order valence-electron chi connectivity index (χ0n) is 19.3. The Balaban J connectivity index is 1.70. The summed E-state index contributed by atoms with van der Waals surface area (Å²) < 4.78 is 0. The van der Waals surface area contributed by atoms with E-state index in [1.807, 2.05) is 44.2 Å². The van der Waals surface area contributed by atoms with Crippen molar-refractivity contribution in [3.05, 3.63) is 69.2 Å². The number of rotatable bonds is 10. The minimum atomic E-state index is -0.487. The number of amides is 2. The molecule has 2 amide bonds. The molecule has 1 aliphatic rings. The molecule has 1 atom stereocenters. The SMILES string of the molecule is CCC(C(=O)NC1CCCC1)N(Cc1ccc(C)cc1)C(=O)CSCc1ccc(Cl)cc1Cl. The van der Waals surface area contributed by atoms with Crippen LogP contribution in [0.1, 0.15) is 55.7 Å². The Hall–Kier alpha value is -1.69. The lowest BCUT2D eigenvalue weighted by atomic mass is 10.1. The van der Waals surface area contributed by atoms with Gasteiger partial charge in [0.2, 0.25) is 11.8 Å². The highest BCUT2D eigenvalue weighted by molar-refractivity contribution is 7.99. The molecule has 33 heavy (non-hydrogen) atoms. The van der Waals surface area contributed by atoms with Crippen molar-refractivity contribution in [3.8, 4) is 0 Å². The molecule has 0 radical (unpaired) electrons. The van der Waals surface area contributed by atoms with Crippen LogP contribution >= 0.6 is 35.0 Å². The van der Waals surface area contributed by atoms with Gasteiger partial charge < -0.3 is 10.2 Å². The van der Waals surface area contributed by atoms with Gasteiger partial charge in [-0.3, -0.25) is 9.59 Å². The molecular formula is C26H32Cl2N2O2S. The number of halogens is 2. The lowest BCUT2D eigenvalue weighted by molar-refractivity contribution is -0.139. The van der Waals surface area contributed by atoms with Gasteiger partial charge in [0.15, 0.2) is 0 Å². The molecule has 1 saturated carbocycles. The quantitative estimate of drug-likeness (QED) is 0.405. The highest BCUT2D eigenvalue weighted by atomic mass is 35.5. The number of benzene rings is 2. The highest BCUT2D eigenvalue weighted by Crippen LogP contribution is 2.25. The van der Waals surface area contributed by atoms with E-state index in [0.717, 1.165) is 42.4 Å². The van der Waals surface area contributed by atoms with Crippen molar-refractivity contribution in [2.75, 3.05) is 5.75 Å². The number of carbonyl (C=O) groups is 2. The van der Waals surface area contributed by atoms with Crippen molar-refractivity contribution in [3.63, 3.8) is 0 Å². The van der Waals surface area contributed by atoms with Crippen LogP contribution < -0.4 is 5.32 Å². The predicted octanol–water partition coefficient (Wildman–Crippen LogP) is 6.40. The van der Waals surface area contributed by atoms with Crippen molar-refractivity contribution < 1.29 is 9.59 Å². The molecule has 0 spiro atoms. The van der Waals surface area contributed by atoms with Crippen LogP contribution in [0.15, 0.2) is 42.5 Å². The molecule has 0 aliphatic heterocycles. The Morgan fingerprint density at radius 1 is 1.12 bits per heavy atom. The molecule has 3 rings (SSSR count). The van der Waals surface area contributed by atoms with Gasteiger partial charge in [0, 0.05) is 28.4 Å². The number of thioether (sulfide) groups is 1. The molecule has 1 N–H and O–H groups in total. The third kappa shape index (κ3) is 7.66. The summed E-state index contributed by atoms with van der Waals surface area (Å²) in [6.45, 7) is 4.42. The molecule has 7 heteroatoms. The van der Waals surface area contributed by atoms with Crippen LogP contribution in [0, 0.1) is 6.92 Å². The third-order valence-electron chi connectivity index (χ3n) is 6.06. The van der Waals surface area contributed by atoms with Crippen LogP contribution in [0.5, 0.6) is 0 Å². The van der Waals surface area contributed by atoms with Gasteiger partial charge in [-0.05, 0) is 49.4 Å². The smallest absolute Gasteiger partial charge is 0.243 e. The first-order chi connectivity index (χ1) is 15.9. The summed E-state index contributed by atoms with van der Waals surface area (Å²) in [5, 5.41) is 4.37. The molecule has 0 aromatic heterocycles. The average molecular weight is 508 g/mol. The Kier molecular flexibility index (Phi) is 9.96. The molecule has 0 bridgehead atoms. The van der Waals surface area contributed by atoms with Crippen molar-refractivity contribution in [1.82, 2.24) is 10.2 Å². The lowest BCUT2D eigenvalue weighted by Crippen LogP contribution is -2.51. The van der Waals surface area contributed by atoms with Gasteiger partial charge in [0.05, 0.1) is 5.75 Å². The number of hydrogen-bond acceptors (Lipinski definition) is 3. The molecular weight excluding hydrogens is 475 g/mol. The molecule has 4 nitrogen and oxygen atoms in total. The van der Waals surface area contributed by atoms with Crippen LogP contribution in [0.3, 0.4) is 0 Å². The van der Waals surface area contributed by atoms with E-state index in [1.165, 1.54) is 11.8 Å². The summed E-state index contributed by atoms with van der Waals surface area (Å²) in [5.74, 6) is 0.790. The predicted molar refractivity (Wildman–Crippen MR) is 139 cm³/mol. The molecule has 2 aromatic rings. The fraction of sp³-hybridized carbons (Fsp3) is 0.462. The Morgan fingerprint density at radius 3 is 2.45 bits per heavy atom. The summed E-state index contributed by atoms with van der Waals surface area (Å²) >= 11 is 13.8. The van der Waals surface area contributed by atoms with Crippen molar-refractivity contribution in [2.24, 2.45) is 0 Å². The molecule has 178 valence electrons. The summed E-state index contributed by atoms with van der Waals surface area (Å²) in [5.41, 5.74) is 3.12. The van der Waals surface area contributed by atoms with Crippen molar-refractivity contribution in [2.45, 2.75) is 70.3 Å². The zero-order chi connectivity index (χ0) is 23.8. The first-order valence-corrected chi connectivity index (χ1v) is 13.5. The standard InChI is InChI=1S/C26H32Cl2N2O2S/c1-3-24(26(32)29-22-6-4-5-7-22)30(15-19-10-8-18(2)9-11-19)25(31)17-33-16-20-12-13-21(27)14-23(20)28/h8-14,22,24H,3-7,15-17H2,1-2H3,(H,29,32).